The summed E-state index contributed by atoms with van der Waals surface area (Å²) in [6, 6.07) is 12.4. The van der Waals surface area contributed by atoms with Crippen LogP contribution >= 0.6 is 11.8 Å². The van der Waals surface area contributed by atoms with Crippen LogP contribution in [0.3, 0.4) is 0 Å². The fourth-order valence-electron chi connectivity index (χ4n) is 2.34. The Morgan fingerprint density at radius 2 is 1.84 bits per heavy atom. The van der Waals surface area contributed by atoms with Gasteiger partial charge >= 0.3 is 0 Å². The molecule has 0 saturated heterocycles. The molecule has 0 atom stereocenters. The van der Waals surface area contributed by atoms with E-state index in [1.807, 2.05) is 35.9 Å². The molecule has 19 heavy (non-hydrogen) atoms. The van der Waals surface area contributed by atoms with E-state index >= 15 is 0 Å². The molecule has 0 bridgehead atoms. The Morgan fingerprint density at radius 1 is 1.11 bits per heavy atom. The largest absolute Gasteiger partial charge is 0.220 e. The van der Waals surface area contributed by atoms with Gasteiger partial charge in [-0.1, -0.05) is 42.1 Å². The Bertz CT molecular complexity index is 732. The number of benzene rings is 1. The Labute approximate surface area is 116 Å². The summed E-state index contributed by atoms with van der Waals surface area (Å²) in [7, 11) is 0. The zero-order valence-corrected chi connectivity index (χ0v) is 12.0. The van der Waals surface area contributed by atoms with Crippen LogP contribution in [0.1, 0.15) is 11.3 Å². The Balaban J connectivity index is 2.38. The van der Waals surface area contributed by atoms with Gasteiger partial charge in [-0.15, -0.1) is 0 Å². The van der Waals surface area contributed by atoms with E-state index in [1.54, 1.807) is 11.8 Å². The van der Waals surface area contributed by atoms with Crippen molar-refractivity contribution in [1.82, 2.24) is 14.6 Å². The van der Waals surface area contributed by atoms with E-state index in [1.165, 1.54) is 5.56 Å². The third kappa shape index (κ3) is 2.02. The number of hydrogen-bond donors (Lipinski definition) is 0. The van der Waals surface area contributed by atoms with Gasteiger partial charge in [-0.3, -0.25) is 0 Å². The molecular weight excluding hydrogens is 254 g/mol. The highest BCUT2D eigenvalue weighted by atomic mass is 32.2. The first-order valence-electron chi connectivity index (χ1n) is 6.17. The van der Waals surface area contributed by atoms with Gasteiger partial charge in [0.25, 0.3) is 0 Å². The van der Waals surface area contributed by atoms with E-state index in [4.69, 9.17) is 4.98 Å². The van der Waals surface area contributed by atoms with Crippen molar-refractivity contribution in [3.8, 4) is 11.3 Å². The van der Waals surface area contributed by atoms with Crippen molar-refractivity contribution in [1.29, 1.82) is 0 Å². The lowest BCUT2D eigenvalue weighted by Crippen LogP contribution is -1.97. The van der Waals surface area contributed by atoms with Gasteiger partial charge in [0.05, 0.1) is 16.9 Å². The zero-order chi connectivity index (χ0) is 13.4. The van der Waals surface area contributed by atoms with Crippen LogP contribution in [-0.4, -0.2) is 20.9 Å². The fraction of sp³-hybridized carbons (Fsp3) is 0.200. The first-order valence-corrected chi connectivity index (χ1v) is 7.39. The second-order valence-electron chi connectivity index (χ2n) is 4.54. The average Bonchev–Trinajstić information content (AvgIpc) is 2.78. The van der Waals surface area contributed by atoms with Gasteiger partial charge in [0, 0.05) is 5.56 Å². The highest BCUT2D eigenvalue weighted by molar-refractivity contribution is 7.98. The van der Waals surface area contributed by atoms with Gasteiger partial charge < -0.3 is 0 Å². The quantitative estimate of drug-likeness (QED) is 0.664. The lowest BCUT2D eigenvalue weighted by Gasteiger charge is -2.03. The van der Waals surface area contributed by atoms with Crippen LogP contribution in [0, 0.1) is 13.8 Å². The molecule has 0 saturated carbocycles. The molecule has 0 aliphatic carbocycles. The molecule has 3 rings (SSSR count). The van der Waals surface area contributed by atoms with Crippen LogP contribution in [0.15, 0.2) is 41.6 Å². The van der Waals surface area contributed by atoms with Gasteiger partial charge in [0.2, 0.25) is 0 Å². The van der Waals surface area contributed by atoms with Crippen molar-refractivity contribution in [2.45, 2.75) is 19.0 Å². The predicted molar refractivity (Wildman–Crippen MR) is 79.7 cm³/mol. The molecule has 1 aromatic carbocycles. The van der Waals surface area contributed by atoms with E-state index in [9.17, 15) is 0 Å². The molecule has 0 unspecified atom stereocenters. The zero-order valence-electron chi connectivity index (χ0n) is 11.2. The average molecular weight is 269 g/mol. The first kappa shape index (κ1) is 12.2. The minimum atomic E-state index is 0.931. The van der Waals surface area contributed by atoms with Crippen molar-refractivity contribution in [3.05, 3.63) is 47.7 Å². The highest BCUT2D eigenvalue weighted by Crippen LogP contribution is 2.29. The molecule has 0 amide bonds. The lowest BCUT2D eigenvalue weighted by atomic mass is 10.1. The van der Waals surface area contributed by atoms with Gasteiger partial charge in [0.1, 0.15) is 0 Å². The minimum Gasteiger partial charge on any atom is -0.220 e. The monoisotopic (exact) mass is 269 g/mol. The summed E-state index contributed by atoms with van der Waals surface area (Å²) in [5.41, 5.74) is 5.46. The third-order valence-electron chi connectivity index (χ3n) is 3.11. The summed E-state index contributed by atoms with van der Waals surface area (Å²) in [6.07, 6.45) is 2.03. The van der Waals surface area contributed by atoms with E-state index in [2.05, 4.69) is 30.2 Å². The third-order valence-corrected chi connectivity index (χ3v) is 3.74. The number of hydrogen-bond acceptors (Lipinski definition) is 3. The molecule has 4 heteroatoms. The van der Waals surface area contributed by atoms with Crippen molar-refractivity contribution in [3.63, 3.8) is 0 Å². The number of aryl methyl sites for hydroxylation is 2. The number of thioether (sulfide) groups is 1. The van der Waals surface area contributed by atoms with Crippen molar-refractivity contribution in [2.75, 3.05) is 6.26 Å². The summed E-state index contributed by atoms with van der Waals surface area (Å²) in [5, 5.41) is 5.52. The van der Waals surface area contributed by atoms with Crippen LogP contribution in [0.4, 0.5) is 0 Å². The van der Waals surface area contributed by atoms with Crippen molar-refractivity contribution < 1.29 is 0 Å². The summed E-state index contributed by atoms with van der Waals surface area (Å²) in [4.78, 5) is 4.74. The number of imidazole rings is 1. The molecule has 0 fully saturated rings. The molecule has 96 valence electrons. The Hall–Kier alpha value is -1.81. The molecule has 2 heterocycles. The van der Waals surface area contributed by atoms with Crippen LogP contribution < -0.4 is 0 Å². The van der Waals surface area contributed by atoms with E-state index in [0.29, 0.717) is 0 Å². The number of rotatable bonds is 2. The molecular formula is C15H15N3S. The van der Waals surface area contributed by atoms with Crippen LogP contribution in [0.25, 0.3) is 16.8 Å². The maximum atomic E-state index is 4.74. The molecule has 3 aromatic rings. The van der Waals surface area contributed by atoms with Crippen LogP contribution in [0.5, 0.6) is 0 Å². The normalized spacial score (nSPS) is 11.1. The van der Waals surface area contributed by atoms with Crippen molar-refractivity contribution >= 4 is 17.3 Å². The molecule has 2 aromatic heterocycles. The lowest BCUT2D eigenvalue weighted by molar-refractivity contribution is 0.794. The molecule has 0 aliphatic rings. The second-order valence-corrected chi connectivity index (χ2v) is 5.32. The minimum absolute atomic E-state index is 0.931. The summed E-state index contributed by atoms with van der Waals surface area (Å²) >= 11 is 1.62. The SMILES string of the molecule is CSc1nc(-c2ccccc2)c2c(C)cc(C)nn12. The molecule has 0 aliphatic heterocycles. The van der Waals surface area contributed by atoms with Gasteiger partial charge in [-0.2, -0.15) is 5.10 Å². The Morgan fingerprint density at radius 3 is 2.53 bits per heavy atom. The second kappa shape index (κ2) is 4.70. The van der Waals surface area contributed by atoms with E-state index < -0.39 is 0 Å². The van der Waals surface area contributed by atoms with Gasteiger partial charge in [-0.05, 0) is 31.7 Å². The van der Waals surface area contributed by atoms with Crippen LogP contribution in [-0.2, 0) is 0 Å². The van der Waals surface area contributed by atoms with E-state index in [-0.39, 0.29) is 0 Å². The van der Waals surface area contributed by atoms with Gasteiger partial charge in [0.15, 0.2) is 5.16 Å². The molecule has 0 spiro atoms. The smallest absolute Gasteiger partial charge is 0.189 e. The summed E-state index contributed by atoms with van der Waals surface area (Å²) in [6.45, 7) is 4.13. The molecule has 0 N–H and O–H groups in total. The fourth-order valence-corrected chi connectivity index (χ4v) is 2.82. The summed E-state index contributed by atoms with van der Waals surface area (Å²) < 4.78 is 1.96. The van der Waals surface area contributed by atoms with Crippen LogP contribution in [0.2, 0.25) is 0 Å². The number of aromatic nitrogens is 3. The first-order chi connectivity index (χ1) is 9.20. The van der Waals surface area contributed by atoms with Gasteiger partial charge in [-0.25, -0.2) is 9.50 Å². The molecule has 3 nitrogen and oxygen atoms in total. The standard InChI is InChI=1S/C15H15N3S/c1-10-9-11(2)17-18-14(10)13(16-15(18)19-3)12-7-5-4-6-8-12/h4-9H,1-3H3. The number of nitrogens with zero attached hydrogens (tertiary/aromatic N) is 3. The van der Waals surface area contributed by atoms with Crippen molar-refractivity contribution in [2.24, 2.45) is 0 Å². The number of fused-ring (bicyclic) bond motifs is 1. The maximum Gasteiger partial charge on any atom is 0.189 e. The topological polar surface area (TPSA) is 30.2 Å². The predicted octanol–water partition coefficient (Wildman–Crippen LogP) is 3.74. The van der Waals surface area contributed by atoms with E-state index in [0.717, 1.165) is 27.6 Å². The summed E-state index contributed by atoms with van der Waals surface area (Å²) in [5.74, 6) is 0. The highest BCUT2D eigenvalue weighted by Gasteiger charge is 2.15. The Kier molecular flexibility index (Phi) is 3.03. The molecule has 0 radical (unpaired) electrons. The maximum absolute atomic E-state index is 4.74.